The van der Waals surface area contributed by atoms with Crippen molar-refractivity contribution in [3.63, 3.8) is 0 Å². The van der Waals surface area contributed by atoms with E-state index >= 15 is 0 Å². The number of halogens is 1. The van der Waals surface area contributed by atoms with Crippen LogP contribution in [0, 0.1) is 5.82 Å². The van der Waals surface area contributed by atoms with Gasteiger partial charge < -0.3 is 10.1 Å². The van der Waals surface area contributed by atoms with Crippen molar-refractivity contribution in [3.05, 3.63) is 77.9 Å². The molecule has 1 aromatic heterocycles. The van der Waals surface area contributed by atoms with Crippen molar-refractivity contribution >= 4 is 23.4 Å². The molecule has 1 N–H and O–H groups in total. The van der Waals surface area contributed by atoms with E-state index in [9.17, 15) is 9.18 Å². The van der Waals surface area contributed by atoms with Gasteiger partial charge in [-0.15, -0.1) is 16.8 Å². The molecule has 166 valence electrons. The minimum absolute atomic E-state index is 0.0787. The highest BCUT2D eigenvalue weighted by atomic mass is 32.2. The molecule has 0 saturated heterocycles. The lowest BCUT2D eigenvalue weighted by atomic mass is 9.92. The maximum absolute atomic E-state index is 13.7. The summed E-state index contributed by atoms with van der Waals surface area (Å²) in [7, 11) is 0. The van der Waals surface area contributed by atoms with Crippen LogP contribution < -0.4 is 10.1 Å². The van der Waals surface area contributed by atoms with Crippen LogP contribution >= 0.6 is 11.8 Å². The van der Waals surface area contributed by atoms with Gasteiger partial charge in [0.15, 0.2) is 11.0 Å². The number of nitrogens with one attached hydrogen (secondary N) is 1. The maximum atomic E-state index is 13.7. The molecule has 1 amide bonds. The quantitative estimate of drug-likeness (QED) is 0.373. The third-order valence-electron chi connectivity index (χ3n) is 5.27. The fraction of sp³-hybridized carbons (Fsp3) is 0.292. The third kappa shape index (κ3) is 5.37. The lowest BCUT2D eigenvalue weighted by Gasteiger charge is -2.16. The molecule has 4 rings (SSSR count). The number of aromatic nitrogens is 3. The Morgan fingerprint density at radius 3 is 2.81 bits per heavy atom. The van der Waals surface area contributed by atoms with E-state index in [-0.39, 0.29) is 24.0 Å². The largest absolute Gasteiger partial charge is 0.486 e. The van der Waals surface area contributed by atoms with E-state index in [1.807, 2.05) is 10.6 Å². The number of allylic oxidation sites excluding steroid dienone is 1. The Morgan fingerprint density at radius 2 is 2.00 bits per heavy atom. The second-order valence-corrected chi connectivity index (χ2v) is 8.48. The standard InChI is InChI=1S/C24H25FN4O2S/c1-2-13-29-22(15-31-19-12-11-17-7-3-4-8-18(17)14-19)27-28-24(29)32-16-23(30)26-21-10-6-5-9-20(21)25/h2,5-6,9-12,14H,1,3-4,7-8,13,15-16H2,(H,26,30). The number of nitrogens with zero attached hydrogens (tertiary/aromatic N) is 3. The number of aryl methyl sites for hydroxylation is 2. The summed E-state index contributed by atoms with van der Waals surface area (Å²) in [4.78, 5) is 12.2. The summed E-state index contributed by atoms with van der Waals surface area (Å²) in [5, 5.41) is 11.6. The van der Waals surface area contributed by atoms with E-state index in [4.69, 9.17) is 4.74 Å². The van der Waals surface area contributed by atoms with Crippen LogP contribution in [0.15, 0.2) is 60.3 Å². The number of hydrogen-bond acceptors (Lipinski definition) is 5. The molecule has 8 heteroatoms. The third-order valence-corrected chi connectivity index (χ3v) is 6.24. The number of rotatable bonds is 9. The molecule has 2 aromatic carbocycles. The molecule has 1 heterocycles. The van der Waals surface area contributed by atoms with Crippen LogP contribution in [0.3, 0.4) is 0 Å². The van der Waals surface area contributed by atoms with Crippen LogP contribution in [-0.4, -0.2) is 26.4 Å². The Kier molecular flexibility index (Phi) is 7.21. The number of carbonyl (C=O) groups is 1. The van der Waals surface area contributed by atoms with Crippen LogP contribution in [-0.2, 0) is 30.8 Å². The second kappa shape index (κ2) is 10.5. The Labute approximate surface area is 190 Å². The molecule has 0 radical (unpaired) electrons. The van der Waals surface area contributed by atoms with Gasteiger partial charge in [0.2, 0.25) is 5.91 Å². The van der Waals surface area contributed by atoms with E-state index in [1.54, 1.807) is 18.2 Å². The Balaban J connectivity index is 1.38. The number of thioether (sulfide) groups is 1. The van der Waals surface area contributed by atoms with Crippen LogP contribution in [0.4, 0.5) is 10.1 Å². The zero-order chi connectivity index (χ0) is 22.3. The zero-order valence-electron chi connectivity index (χ0n) is 17.7. The average molecular weight is 453 g/mol. The minimum Gasteiger partial charge on any atom is -0.486 e. The molecule has 1 aliphatic rings. The number of carbonyl (C=O) groups excluding carboxylic acids is 1. The van der Waals surface area contributed by atoms with Crippen LogP contribution in [0.1, 0.15) is 29.8 Å². The minimum atomic E-state index is -0.470. The van der Waals surface area contributed by atoms with Crippen molar-refractivity contribution in [1.29, 1.82) is 0 Å². The molecular weight excluding hydrogens is 427 g/mol. The highest BCUT2D eigenvalue weighted by Crippen LogP contribution is 2.26. The molecule has 1 aliphatic carbocycles. The molecule has 6 nitrogen and oxygen atoms in total. The molecular formula is C24H25FN4O2S. The van der Waals surface area contributed by atoms with Crippen molar-refractivity contribution in [2.24, 2.45) is 0 Å². The molecule has 0 bridgehead atoms. The summed E-state index contributed by atoms with van der Waals surface area (Å²) >= 11 is 1.23. The Morgan fingerprint density at radius 1 is 1.19 bits per heavy atom. The maximum Gasteiger partial charge on any atom is 0.234 e. The van der Waals surface area contributed by atoms with Crippen molar-refractivity contribution in [3.8, 4) is 5.75 Å². The van der Waals surface area contributed by atoms with Gasteiger partial charge in [0.25, 0.3) is 0 Å². The van der Waals surface area contributed by atoms with E-state index in [1.165, 1.54) is 47.9 Å². The lowest BCUT2D eigenvalue weighted by Crippen LogP contribution is -2.15. The summed E-state index contributed by atoms with van der Waals surface area (Å²) < 4.78 is 21.6. The van der Waals surface area contributed by atoms with Crippen molar-refractivity contribution in [1.82, 2.24) is 14.8 Å². The predicted octanol–water partition coefficient (Wildman–Crippen LogP) is 4.79. The molecule has 3 aromatic rings. The summed E-state index contributed by atoms with van der Waals surface area (Å²) in [5.41, 5.74) is 2.92. The fourth-order valence-corrected chi connectivity index (χ4v) is 4.44. The van der Waals surface area contributed by atoms with E-state index in [0.717, 1.165) is 18.6 Å². The van der Waals surface area contributed by atoms with Gasteiger partial charge in [-0.3, -0.25) is 9.36 Å². The lowest BCUT2D eigenvalue weighted by molar-refractivity contribution is -0.113. The first-order valence-electron chi connectivity index (χ1n) is 10.6. The van der Waals surface area contributed by atoms with E-state index in [2.05, 4.69) is 34.2 Å². The molecule has 0 unspecified atom stereocenters. The normalized spacial score (nSPS) is 12.8. The van der Waals surface area contributed by atoms with Gasteiger partial charge in [0.05, 0.1) is 11.4 Å². The molecule has 32 heavy (non-hydrogen) atoms. The van der Waals surface area contributed by atoms with Crippen LogP contribution in [0.2, 0.25) is 0 Å². The predicted molar refractivity (Wildman–Crippen MR) is 123 cm³/mol. The van der Waals surface area contributed by atoms with E-state index < -0.39 is 5.82 Å². The molecule has 0 atom stereocenters. The number of benzene rings is 2. The number of amides is 1. The van der Waals surface area contributed by atoms with Crippen LogP contribution in [0.25, 0.3) is 0 Å². The Bertz CT molecular complexity index is 1120. The molecule has 0 aliphatic heterocycles. The Hall–Kier alpha value is -3.13. The van der Waals surface area contributed by atoms with Gasteiger partial charge >= 0.3 is 0 Å². The average Bonchev–Trinajstić information content (AvgIpc) is 3.19. The highest BCUT2D eigenvalue weighted by Gasteiger charge is 2.16. The van der Waals surface area contributed by atoms with E-state index in [0.29, 0.717) is 17.5 Å². The molecule has 0 spiro atoms. The van der Waals surface area contributed by atoms with Gasteiger partial charge in [0.1, 0.15) is 18.2 Å². The molecule has 0 saturated carbocycles. The van der Waals surface area contributed by atoms with Crippen molar-refractivity contribution in [2.75, 3.05) is 11.1 Å². The van der Waals surface area contributed by atoms with Gasteiger partial charge in [-0.1, -0.05) is 36.0 Å². The first kappa shape index (κ1) is 22.1. The first-order valence-corrected chi connectivity index (χ1v) is 11.6. The van der Waals surface area contributed by atoms with Gasteiger partial charge in [-0.05, 0) is 61.1 Å². The van der Waals surface area contributed by atoms with Gasteiger partial charge in [0, 0.05) is 6.54 Å². The van der Waals surface area contributed by atoms with Gasteiger partial charge in [-0.25, -0.2) is 4.39 Å². The van der Waals surface area contributed by atoms with Gasteiger partial charge in [-0.2, -0.15) is 0 Å². The molecule has 0 fully saturated rings. The summed E-state index contributed by atoms with van der Waals surface area (Å²) in [6, 6.07) is 12.3. The number of para-hydroxylation sites is 1. The summed E-state index contributed by atoms with van der Waals surface area (Å²) in [6.45, 7) is 4.56. The summed E-state index contributed by atoms with van der Waals surface area (Å²) in [5.74, 6) is 0.759. The number of hydrogen-bond donors (Lipinski definition) is 1. The SMILES string of the molecule is C=CCn1c(COc2ccc3c(c2)CCCC3)nnc1SCC(=O)Nc1ccccc1F. The topological polar surface area (TPSA) is 69.0 Å². The number of ether oxygens (including phenoxy) is 1. The smallest absolute Gasteiger partial charge is 0.234 e. The number of anilines is 1. The monoisotopic (exact) mass is 452 g/mol. The fourth-order valence-electron chi connectivity index (χ4n) is 3.67. The first-order chi connectivity index (χ1) is 15.6. The zero-order valence-corrected chi connectivity index (χ0v) is 18.5. The number of fused-ring (bicyclic) bond motifs is 1. The van der Waals surface area contributed by atoms with Crippen molar-refractivity contribution < 1.29 is 13.9 Å². The summed E-state index contributed by atoms with van der Waals surface area (Å²) in [6.07, 6.45) is 6.43. The van der Waals surface area contributed by atoms with Crippen molar-refractivity contribution in [2.45, 2.75) is 44.0 Å². The van der Waals surface area contributed by atoms with Crippen LogP contribution in [0.5, 0.6) is 5.75 Å². The second-order valence-electron chi connectivity index (χ2n) is 7.54. The highest BCUT2D eigenvalue weighted by molar-refractivity contribution is 7.99.